The molecule has 1 aromatic heterocycles. The first-order valence-electron chi connectivity index (χ1n) is 6.29. The van der Waals surface area contributed by atoms with Crippen molar-refractivity contribution in [2.24, 2.45) is 0 Å². The lowest BCUT2D eigenvalue weighted by Gasteiger charge is -2.17. The van der Waals surface area contributed by atoms with Gasteiger partial charge in [-0.1, -0.05) is 11.2 Å². The van der Waals surface area contributed by atoms with E-state index in [1.807, 2.05) is 25.1 Å². The second-order valence-electron chi connectivity index (χ2n) is 4.70. The molecule has 5 heteroatoms. The number of rotatable bonds is 2. The van der Waals surface area contributed by atoms with Crippen LogP contribution in [0.25, 0.3) is 0 Å². The number of nitrogens with zero attached hydrogens (tertiary/aromatic N) is 1. The number of aryl methyl sites for hydroxylation is 1. The number of carbonyl (C=O) groups excluding carboxylic acids is 1. The van der Waals surface area contributed by atoms with Gasteiger partial charge in [0.25, 0.3) is 5.91 Å². The van der Waals surface area contributed by atoms with Crippen LogP contribution in [0.4, 0.5) is 5.88 Å². The predicted octanol–water partition coefficient (Wildman–Crippen LogP) is 1.88. The minimum Gasteiger partial charge on any atom is -0.338 e. The summed E-state index contributed by atoms with van der Waals surface area (Å²) in [6.45, 7) is 3.62. The van der Waals surface area contributed by atoms with Crippen LogP contribution < -0.4 is 10.6 Å². The molecule has 2 heterocycles. The van der Waals surface area contributed by atoms with Crippen LogP contribution in [-0.2, 0) is 13.0 Å². The smallest absolute Gasteiger partial charge is 0.258 e. The average molecular weight is 257 g/mol. The molecule has 0 saturated heterocycles. The van der Waals surface area contributed by atoms with Crippen LogP contribution in [0, 0.1) is 6.92 Å². The molecule has 0 unspecified atom stereocenters. The summed E-state index contributed by atoms with van der Waals surface area (Å²) in [6, 6.07) is 7.50. The van der Waals surface area contributed by atoms with Crippen molar-refractivity contribution >= 4 is 11.8 Å². The molecule has 2 N–H and O–H groups in total. The van der Waals surface area contributed by atoms with E-state index in [-0.39, 0.29) is 5.91 Å². The molecule has 5 nitrogen and oxygen atoms in total. The summed E-state index contributed by atoms with van der Waals surface area (Å²) < 4.78 is 4.97. The first kappa shape index (κ1) is 11.9. The molecule has 0 bridgehead atoms. The topological polar surface area (TPSA) is 67.2 Å². The van der Waals surface area contributed by atoms with Crippen molar-refractivity contribution < 1.29 is 9.32 Å². The Morgan fingerprint density at radius 2 is 2.26 bits per heavy atom. The van der Waals surface area contributed by atoms with Crippen molar-refractivity contribution in [1.29, 1.82) is 0 Å². The van der Waals surface area contributed by atoms with Crippen LogP contribution in [0.1, 0.15) is 27.2 Å². The van der Waals surface area contributed by atoms with E-state index in [9.17, 15) is 4.79 Å². The molecule has 19 heavy (non-hydrogen) atoms. The zero-order valence-corrected chi connectivity index (χ0v) is 10.7. The van der Waals surface area contributed by atoms with Crippen LogP contribution in [-0.4, -0.2) is 17.6 Å². The Kier molecular flexibility index (Phi) is 3.05. The lowest BCUT2D eigenvalue weighted by Crippen LogP contribution is -2.24. The molecule has 1 aliphatic heterocycles. The molecule has 0 saturated carbocycles. The highest BCUT2D eigenvalue weighted by Crippen LogP contribution is 2.17. The number of amides is 1. The van der Waals surface area contributed by atoms with Gasteiger partial charge in [-0.05, 0) is 43.1 Å². The van der Waals surface area contributed by atoms with Crippen molar-refractivity contribution in [2.45, 2.75) is 19.9 Å². The maximum atomic E-state index is 12.1. The van der Waals surface area contributed by atoms with Crippen molar-refractivity contribution in [3.05, 3.63) is 46.6 Å². The van der Waals surface area contributed by atoms with E-state index in [4.69, 9.17) is 4.52 Å². The molecule has 2 aromatic rings. The summed E-state index contributed by atoms with van der Waals surface area (Å²) in [7, 11) is 0. The van der Waals surface area contributed by atoms with Gasteiger partial charge in [-0.3, -0.25) is 10.1 Å². The number of nitrogens with one attached hydrogen (secondary N) is 2. The maximum Gasteiger partial charge on any atom is 0.258 e. The van der Waals surface area contributed by atoms with Crippen LogP contribution in [0.3, 0.4) is 0 Å². The standard InChI is InChI=1S/C14H15N3O2/c1-9-6-13(19-17-9)16-14(18)11-3-2-10-4-5-15-8-12(10)7-11/h2-3,6-7,15H,4-5,8H2,1H3,(H,16,18). The van der Waals surface area contributed by atoms with Gasteiger partial charge in [0.05, 0.1) is 5.69 Å². The van der Waals surface area contributed by atoms with Gasteiger partial charge < -0.3 is 9.84 Å². The van der Waals surface area contributed by atoms with Crippen LogP contribution in [0.2, 0.25) is 0 Å². The van der Waals surface area contributed by atoms with Crippen LogP contribution in [0.5, 0.6) is 0 Å². The zero-order chi connectivity index (χ0) is 13.2. The number of aromatic nitrogens is 1. The number of benzene rings is 1. The number of anilines is 1. The number of hydrogen-bond donors (Lipinski definition) is 2. The average Bonchev–Trinajstić information content (AvgIpc) is 2.83. The summed E-state index contributed by atoms with van der Waals surface area (Å²) in [6.07, 6.45) is 1.01. The van der Waals surface area contributed by atoms with Gasteiger partial charge in [0.15, 0.2) is 0 Å². The lowest BCUT2D eigenvalue weighted by atomic mass is 9.98. The molecule has 0 fully saturated rings. The van der Waals surface area contributed by atoms with E-state index in [0.717, 1.165) is 25.2 Å². The molecule has 1 amide bonds. The molecule has 0 aliphatic carbocycles. The predicted molar refractivity (Wildman–Crippen MR) is 71.0 cm³/mol. The fraction of sp³-hybridized carbons (Fsp3) is 0.286. The first-order valence-corrected chi connectivity index (χ1v) is 6.29. The Balaban J connectivity index is 1.80. The van der Waals surface area contributed by atoms with E-state index in [1.54, 1.807) is 6.07 Å². The largest absolute Gasteiger partial charge is 0.338 e. The lowest BCUT2D eigenvalue weighted by molar-refractivity contribution is 0.102. The van der Waals surface area contributed by atoms with Crippen molar-refractivity contribution in [3.8, 4) is 0 Å². The van der Waals surface area contributed by atoms with E-state index in [2.05, 4.69) is 15.8 Å². The number of carbonyl (C=O) groups is 1. The fourth-order valence-corrected chi connectivity index (χ4v) is 2.23. The first-order chi connectivity index (χ1) is 9.22. The van der Waals surface area contributed by atoms with Crippen molar-refractivity contribution in [2.75, 3.05) is 11.9 Å². The molecule has 0 spiro atoms. The van der Waals surface area contributed by atoms with Gasteiger partial charge in [-0.15, -0.1) is 0 Å². The summed E-state index contributed by atoms with van der Waals surface area (Å²) >= 11 is 0. The van der Waals surface area contributed by atoms with Gasteiger partial charge in [-0.25, -0.2) is 0 Å². The molecular weight excluding hydrogens is 242 g/mol. The van der Waals surface area contributed by atoms with Gasteiger partial charge >= 0.3 is 0 Å². The van der Waals surface area contributed by atoms with Gasteiger partial charge in [0.2, 0.25) is 5.88 Å². The second kappa shape index (κ2) is 4.85. The highest BCUT2D eigenvalue weighted by molar-refractivity contribution is 6.03. The fourth-order valence-electron chi connectivity index (χ4n) is 2.23. The maximum absolute atomic E-state index is 12.1. The Labute approximate surface area is 111 Å². The zero-order valence-electron chi connectivity index (χ0n) is 10.7. The Morgan fingerprint density at radius 1 is 1.37 bits per heavy atom. The molecular formula is C14H15N3O2. The molecule has 0 atom stereocenters. The highest BCUT2D eigenvalue weighted by atomic mass is 16.5. The highest BCUT2D eigenvalue weighted by Gasteiger charge is 2.13. The molecule has 0 radical (unpaired) electrons. The van der Waals surface area contributed by atoms with E-state index < -0.39 is 0 Å². The summed E-state index contributed by atoms with van der Waals surface area (Å²) in [5, 5.41) is 9.73. The third kappa shape index (κ3) is 2.51. The SMILES string of the molecule is Cc1cc(NC(=O)c2ccc3c(c2)CNCC3)on1. The van der Waals surface area contributed by atoms with Gasteiger partial charge in [0.1, 0.15) is 0 Å². The third-order valence-corrected chi connectivity index (χ3v) is 3.22. The van der Waals surface area contributed by atoms with Crippen molar-refractivity contribution in [1.82, 2.24) is 10.5 Å². The normalized spacial score (nSPS) is 13.9. The minimum atomic E-state index is -0.176. The van der Waals surface area contributed by atoms with Gasteiger partial charge in [0, 0.05) is 18.2 Å². The Hall–Kier alpha value is -2.14. The number of hydrogen-bond acceptors (Lipinski definition) is 4. The molecule has 3 rings (SSSR count). The Bertz CT molecular complexity index is 619. The van der Waals surface area contributed by atoms with E-state index >= 15 is 0 Å². The molecule has 1 aromatic carbocycles. The summed E-state index contributed by atoms with van der Waals surface area (Å²) in [5.74, 6) is 0.197. The molecule has 1 aliphatic rings. The van der Waals surface area contributed by atoms with E-state index in [1.165, 1.54) is 11.1 Å². The summed E-state index contributed by atoms with van der Waals surface area (Å²) in [5.41, 5.74) is 3.87. The Morgan fingerprint density at radius 3 is 3.05 bits per heavy atom. The second-order valence-corrected chi connectivity index (χ2v) is 4.70. The minimum absolute atomic E-state index is 0.176. The van der Waals surface area contributed by atoms with Crippen LogP contribution >= 0.6 is 0 Å². The summed E-state index contributed by atoms with van der Waals surface area (Å²) in [4.78, 5) is 12.1. The van der Waals surface area contributed by atoms with Crippen molar-refractivity contribution in [3.63, 3.8) is 0 Å². The monoisotopic (exact) mass is 257 g/mol. The third-order valence-electron chi connectivity index (χ3n) is 3.22. The van der Waals surface area contributed by atoms with E-state index in [0.29, 0.717) is 11.4 Å². The molecule has 98 valence electrons. The number of fused-ring (bicyclic) bond motifs is 1. The quantitative estimate of drug-likeness (QED) is 0.862. The van der Waals surface area contributed by atoms with Gasteiger partial charge in [-0.2, -0.15) is 0 Å². The van der Waals surface area contributed by atoms with Crippen LogP contribution in [0.15, 0.2) is 28.8 Å².